The van der Waals surface area contributed by atoms with Crippen LogP contribution < -0.4 is 5.32 Å². The molecule has 0 bridgehead atoms. The van der Waals surface area contributed by atoms with Crippen LogP contribution in [0.2, 0.25) is 0 Å². The largest absolute Gasteiger partial charge is 0.392 e. The number of nitrogens with one attached hydrogen (secondary N) is 1. The molecule has 1 heterocycles. The van der Waals surface area contributed by atoms with E-state index in [-0.39, 0.29) is 18.0 Å². The van der Waals surface area contributed by atoms with Crippen LogP contribution in [0.25, 0.3) is 0 Å². The van der Waals surface area contributed by atoms with Crippen molar-refractivity contribution in [2.24, 2.45) is 0 Å². The van der Waals surface area contributed by atoms with Crippen molar-refractivity contribution < 1.29 is 14.6 Å². The van der Waals surface area contributed by atoms with Gasteiger partial charge >= 0.3 is 0 Å². The minimum absolute atomic E-state index is 0.0794. The van der Waals surface area contributed by atoms with E-state index in [4.69, 9.17) is 4.74 Å². The zero-order valence-electron chi connectivity index (χ0n) is 10.3. The highest BCUT2D eigenvalue weighted by Crippen LogP contribution is 2.02. The van der Waals surface area contributed by atoms with Gasteiger partial charge < -0.3 is 20.1 Å². The van der Waals surface area contributed by atoms with Gasteiger partial charge in [-0.05, 0) is 20.8 Å². The van der Waals surface area contributed by atoms with E-state index in [1.807, 2.05) is 13.8 Å². The zero-order valence-corrected chi connectivity index (χ0v) is 10.3. The van der Waals surface area contributed by atoms with Crippen LogP contribution in [0.15, 0.2) is 0 Å². The monoisotopic (exact) mass is 230 g/mol. The Bertz CT molecular complexity index is 227. The van der Waals surface area contributed by atoms with E-state index in [1.54, 1.807) is 11.8 Å². The molecule has 1 rings (SSSR count). The first-order valence-corrected chi connectivity index (χ1v) is 5.83. The van der Waals surface area contributed by atoms with E-state index < -0.39 is 6.10 Å². The Morgan fingerprint density at radius 2 is 1.88 bits per heavy atom. The Morgan fingerprint density at radius 3 is 2.38 bits per heavy atom. The maximum Gasteiger partial charge on any atom is 0.239 e. The SMILES string of the molecule is CC(NC(C)C(C)O)C(=O)N1CCOCC1. The smallest absolute Gasteiger partial charge is 0.239 e. The van der Waals surface area contributed by atoms with Gasteiger partial charge in [-0.15, -0.1) is 0 Å². The summed E-state index contributed by atoms with van der Waals surface area (Å²) in [6, 6.07) is -0.345. The molecule has 3 atom stereocenters. The van der Waals surface area contributed by atoms with E-state index in [0.717, 1.165) is 0 Å². The normalized spacial score (nSPS) is 22.6. The molecule has 1 amide bonds. The molecule has 0 aromatic heterocycles. The average Bonchev–Trinajstić information content (AvgIpc) is 2.28. The third-order valence-electron chi connectivity index (χ3n) is 2.93. The van der Waals surface area contributed by atoms with Crippen LogP contribution in [-0.4, -0.2) is 60.4 Å². The van der Waals surface area contributed by atoms with Crippen LogP contribution in [0.5, 0.6) is 0 Å². The summed E-state index contributed by atoms with van der Waals surface area (Å²) >= 11 is 0. The predicted molar refractivity (Wildman–Crippen MR) is 61.1 cm³/mol. The summed E-state index contributed by atoms with van der Waals surface area (Å²) in [4.78, 5) is 13.8. The lowest BCUT2D eigenvalue weighted by Crippen LogP contribution is -2.52. The van der Waals surface area contributed by atoms with Crippen molar-refractivity contribution in [1.29, 1.82) is 0 Å². The summed E-state index contributed by atoms with van der Waals surface area (Å²) < 4.78 is 5.19. The number of aliphatic hydroxyl groups excluding tert-OH is 1. The molecular formula is C11H22N2O3. The molecule has 1 aliphatic rings. The van der Waals surface area contributed by atoms with E-state index >= 15 is 0 Å². The molecule has 1 aliphatic heterocycles. The van der Waals surface area contributed by atoms with Crippen molar-refractivity contribution in [3.63, 3.8) is 0 Å². The highest BCUT2D eigenvalue weighted by atomic mass is 16.5. The second-order valence-electron chi connectivity index (χ2n) is 4.36. The molecule has 0 aliphatic carbocycles. The summed E-state index contributed by atoms with van der Waals surface area (Å²) in [6.45, 7) is 7.96. The van der Waals surface area contributed by atoms with Crippen molar-refractivity contribution in [3.8, 4) is 0 Å². The molecule has 5 heteroatoms. The number of hydrogen-bond acceptors (Lipinski definition) is 4. The first-order chi connectivity index (χ1) is 7.52. The number of carbonyl (C=O) groups excluding carboxylic acids is 1. The number of aliphatic hydroxyl groups is 1. The highest BCUT2D eigenvalue weighted by Gasteiger charge is 2.24. The predicted octanol–water partition coefficient (Wildman–Crippen LogP) is -0.407. The fourth-order valence-corrected chi connectivity index (χ4v) is 1.66. The van der Waals surface area contributed by atoms with E-state index in [0.29, 0.717) is 26.3 Å². The minimum atomic E-state index is -0.458. The Hall–Kier alpha value is -0.650. The minimum Gasteiger partial charge on any atom is -0.392 e. The molecule has 5 nitrogen and oxygen atoms in total. The Labute approximate surface area is 96.8 Å². The quantitative estimate of drug-likeness (QED) is 0.689. The van der Waals surface area contributed by atoms with E-state index in [2.05, 4.69) is 5.32 Å². The third-order valence-corrected chi connectivity index (χ3v) is 2.93. The first-order valence-electron chi connectivity index (χ1n) is 5.83. The van der Waals surface area contributed by atoms with Gasteiger partial charge in [0.25, 0.3) is 0 Å². The summed E-state index contributed by atoms with van der Waals surface area (Å²) in [5.41, 5.74) is 0. The van der Waals surface area contributed by atoms with Crippen LogP contribution in [0.3, 0.4) is 0 Å². The number of rotatable bonds is 4. The van der Waals surface area contributed by atoms with Crippen molar-refractivity contribution in [3.05, 3.63) is 0 Å². The average molecular weight is 230 g/mol. The van der Waals surface area contributed by atoms with Crippen LogP contribution in [-0.2, 0) is 9.53 Å². The maximum absolute atomic E-state index is 12.0. The number of nitrogens with zero attached hydrogens (tertiary/aromatic N) is 1. The van der Waals surface area contributed by atoms with Crippen molar-refractivity contribution in [2.45, 2.75) is 39.0 Å². The summed E-state index contributed by atoms with van der Waals surface area (Å²) in [5, 5.41) is 12.4. The summed E-state index contributed by atoms with van der Waals surface area (Å²) in [6.07, 6.45) is -0.458. The Kier molecular flexibility index (Phi) is 5.18. The Morgan fingerprint density at radius 1 is 1.31 bits per heavy atom. The number of amides is 1. The second kappa shape index (κ2) is 6.18. The van der Waals surface area contributed by atoms with Crippen molar-refractivity contribution >= 4 is 5.91 Å². The van der Waals surface area contributed by atoms with E-state index in [1.165, 1.54) is 0 Å². The van der Waals surface area contributed by atoms with Gasteiger partial charge in [0, 0.05) is 19.1 Å². The topological polar surface area (TPSA) is 61.8 Å². The molecule has 2 N–H and O–H groups in total. The standard InChI is InChI=1S/C11H22N2O3/c1-8(10(3)14)12-9(2)11(15)13-4-6-16-7-5-13/h8-10,12,14H,4-7H2,1-3H3. The molecule has 0 spiro atoms. The number of hydrogen-bond donors (Lipinski definition) is 2. The van der Waals surface area contributed by atoms with Gasteiger partial charge in [-0.3, -0.25) is 4.79 Å². The van der Waals surface area contributed by atoms with Crippen molar-refractivity contribution in [1.82, 2.24) is 10.2 Å². The molecular weight excluding hydrogens is 208 g/mol. The van der Waals surface area contributed by atoms with Crippen molar-refractivity contribution in [2.75, 3.05) is 26.3 Å². The molecule has 1 fully saturated rings. The lowest BCUT2D eigenvalue weighted by molar-refractivity contribution is -0.137. The molecule has 0 aromatic rings. The number of carbonyl (C=O) groups is 1. The number of morpholine rings is 1. The van der Waals surface area contributed by atoms with Crippen LogP contribution in [0.1, 0.15) is 20.8 Å². The molecule has 0 radical (unpaired) electrons. The zero-order chi connectivity index (χ0) is 12.1. The van der Waals surface area contributed by atoms with Gasteiger partial charge in [0.15, 0.2) is 0 Å². The molecule has 94 valence electrons. The van der Waals surface area contributed by atoms with Gasteiger partial charge in [0.2, 0.25) is 5.91 Å². The molecule has 3 unspecified atom stereocenters. The molecule has 0 saturated carbocycles. The number of ether oxygens (including phenoxy) is 1. The Balaban J connectivity index is 2.40. The van der Waals surface area contributed by atoms with Gasteiger partial charge in [0.05, 0.1) is 25.4 Å². The van der Waals surface area contributed by atoms with Gasteiger partial charge in [0.1, 0.15) is 0 Å². The highest BCUT2D eigenvalue weighted by molar-refractivity contribution is 5.81. The summed E-state index contributed by atoms with van der Waals surface area (Å²) in [7, 11) is 0. The maximum atomic E-state index is 12.0. The molecule has 1 saturated heterocycles. The van der Waals surface area contributed by atoms with Gasteiger partial charge in [-0.25, -0.2) is 0 Å². The lowest BCUT2D eigenvalue weighted by Gasteiger charge is -2.31. The van der Waals surface area contributed by atoms with Crippen LogP contribution >= 0.6 is 0 Å². The molecule has 16 heavy (non-hydrogen) atoms. The van der Waals surface area contributed by atoms with Crippen LogP contribution in [0, 0.1) is 0 Å². The lowest BCUT2D eigenvalue weighted by atomic mass is 10.1. The third kappa shape index (κ3) is 3.73. The fourth-order valence-electron chi connectivity index (χ4n) is 1.66. The van der Waals surface area contributed by atoms with E-state index in [9.17, 15) is 9.90 Å². The first kappa shape index (κ1) is 13.4. The van der Waals surface area contributed by atoms with Gasteiger partial charge in [-0.1, -0.05) is 0 Å². The van der Waals surface area contributed by atoms with Crippen LogP contribution in [0.4, 0.5) is 0 Å². The molecule has 0 aromatic carbocycles. The second-order valence-corrected chi connectivity index (χ2v) is 4.36. The fraction of sp³-hybridized carbons (Fsp3) is 0.909. The van der Waals surface area contributed by atoms with Gasteiger partial charge in [-0.2, -0.15) is 0 Å². The summed E-state index contributed by atoms with van der Waals surface area (Å²) in [5.74, 6) is 0.0794.